The second kappa shape index (κ2) is 8.74. The topological polar surface area (TPSA) is 82.6 Å². The van der Waals surface area contributed by atoms with E-state index >= 15 is 0 Å². The molecule has 1 aromatic heterocycles. The van der Waals surface area contributed by atoms with Crippen molar-refractivity contribution in [3.05, 3.63) is 64.4 Å². The lowest BCUT2D eigenvalue weighted by Gasteiger charge is -2.14. The number of benzene rings is 2. The largest absolute Gasteiger partial charge is 0.481 e. The lowest BCUT2D eigenvalue weighted by molar-refractivity contribution is 0.102. The number of para-hydroxylation sites is 1. The Morgan fingerprint density at radius 1 is 1.07 bits per heavy atom. The summed E-state index contributed by atoms with van der Waals surface area (Å²) in [4.78, 5) is 20.9. The molecule has 0 aliphatic rings. The van der Waals surface area contributed by atoms with Crippen LogP contribution in [0.4, 0.5) is 10.1 Å². The highest BCUT2D eigenvalue weighted by molar-refractivity contribution is 6.34. The summed E-state index contributed by atoms with van der Waals surface area (Å²) in [6.07, 6.45) is 0. The molecule has 9 heteroatoms. The molecule has 1 heterocycles. The predicted octanol–water partition coefficient (Wildman–Crippen LogP) is 4.64. The molecule has 150 valence electrons. The third-order valence-corrected chi connectivity index (χ3v) is 4.26. The van der Waals surface area contributed by atoms with Crippen LogP contribution in [0.3, 0.4) is 0 Å². The van der Waals surface area contributed by atoms with Crippen molar-refractivity contribution in [2.24, 2.45) is 0 Å². The maximum atomic E-state index is 14.5. The van der Waals surface area contributed by atoms with Gasteiger partial charge in [-0.1, -0.05) is 29.8 Å². The minimum Gasteiger partial charge on any atom is -0.481 e. The molecule has 1 N–H and O–H groups in total. The number of amides is 1. The third kappa shape index (κ3) is 4.55. The molecule has 1 amide bonds. The molecular weight excluding hydrogens is 401 g/mol. The number of halogens is 2. The SMILES string of the molecule is COc1cc(OC)nc(Oc2cccc(F)c2C(=O)Nc2c(C)cccc2Cl)n1. The summed E-state index contributed by atoms with van der Waals surface area (Å²) < 4.78 is 30.2. The Bertz CT molecular complexity index is 1020. The number of aryl methyl sites for hydroxylation is 1. The van der Waals surface area contributed by atoms with Crippen molar-refractivity contribution in [3.63, 3.8) is 0 Å². The molecule has 3 rings (SSSR count). The van der Waals surface area contributed by atoms with E-state index < -0.39 is 11.7 Å². The van der Waals surface area contributed by atoms with Crippen LogP contribution in [-0.2, 0) is 0 Å². The van der Waals surface area contributed by atoms with Crippen LogP contribution in [0.15, 0.2) is 42.5 Å². The van der Waals surface area contributed by atoms with E-state index in [0.717, 1.165) is 11.6 Å². The van der Waals surface area contributed by atoms with Crippen LogP contribution >= 0.6 is 11.6 Å². The van der Waals surface area contributed by atoms with Crippen molar-refractivity contribution in [2.45, 2.75) is 6.92 Å². The quantitative estimate of drug-likeness (QED) is 0.629. The third-order valence-electron chi connectivity index (χ3n) is 3.94. The first-order chi connectivity index (χ1) is 13.9. The van der Waals surface area contributed by atoms with Crippen LogP contribution in [0.5, 0.6) is 23.5 Å². The highest BCUT2D eigenvalue weighted by Crippen LogP contribution is 2.31. The number of aromatic nitrogens is 2. The molecule has 0 spiro atoms. The average Bonchev–Trinajstić information content (AvgIpc) is 2.70. The number of methoxy groups -OCH3 is 2. The van der Waals surface area contributed by atoms with Gasteiger partial charge in [-0.15, -0.1) is 0 Å². The normalized spacial score (nSPS) is 10.4. The lowest BCUT2D eigenvalue weighted by Crippen LogP contribution is -2.16. The minimum atomic E-state index is -0.778. The van der Waals surface area contributed by atoms with E-state index in [2.05, 4.69) is 15.3 Å². The maximum Gasteiger partial charge on any atom is 0.328 e. The first-order valence-corrected chi connectivity index (χ1v) is 8.80. The van der Waals surface area contributed by atoms with Gasteiger partial charge in [-0.3, -0.25) is 4.79 Å². The van der Waals surface area contributed by atoms with Crippen LogP contribution in [0, 0.1) is 12.7 Å². The lowest BCUT2D eigenvalue weighted by atomic mass is 10.1. The first-order valence-electron chi connectivity index (χ1n) is 8.42. The number of hydrogen-bond donors (Lipinski definition) is 1. The Kier molecular flexibility index (Phi) is 6.13. The number of ether oxygens (including phenoxy) is 3. The number of nitrogens with one attached hydrogen (secondary N) is 1. The monoisotopic (exact) mass is 417 g/mol. The number of carbonyl (C=O) groups excluding carboxylic acids is 1. The van der Waals surface area contributed by atoms with Crippen LogP contribution in [0.2, 0.25) is 5.02 Å². The summed E-state index contributed by atoms with van der Waals surface area (Å²) in [6, 6.07) is 10.4. The zero-order valence-electron chi connectivity index (χ0n) is 15.8. The molecule has 0 fully saturated rings. The molecule has 0 aliphatic carbocycles. The van der Waals surface area contributed by atoms with Gasteiger partial charge in [0.1, 0.15) is 17.1 Å². The number of hydrogen-bond acceptors (Lipinski definition) is 6. The minimum absolute atomic E-state index is 0.0810. The fourth-order valence-electron chi connectivity index (χ4n) is 2.51. The van der Waals surface area contributed by atoms with Crippen molar-refractivity contribution in [2.75, 3.05) is 19.5 Å². The van der Waals surface area contributed by atoms with Gasteiger partial charge >= 0.3 is 6.01 Å². The molecule has 29 heavy (non-hydrogen) atoms. The molecule has 0 unspecified atom stereocenters. The van der Waals surface area contributed by atoms with E-state index in [9.17, 15) is 9.18 Å². The number of anilines is 1. The summed E-state index contributed by atoms with van der Waals surface area (Å²) in [5.74, 6) is -1.23. The standard InChI is InChI=1S/C20H17ClFN3O4/c1-11-6-4-7-12(21)18(11)25-19(26)17-13(22)8-5-9-14(17)29-20-23-15(27-2)10-16(24-20)28-3/h4-10H,1-3H3,(H,25,26). The summed E-state index contributed by atoms with van der Waals surface area (Å²) in [5.41, 5.74) is 0.787. The fraction of sp³-hybridized carbons (Fsp3) is 0.150. The van der Waals surface area contributed by atoms with E-state index in [0.29, 0.717) is 10.7 Å². The smallest absolute Gasteiger partial charge is 0.328 e. The first kappa shape index (κ1) is 20.3. The van der Waals surface area contributed by atoms with Crippen LogP contribution < -0.4 is 19.5 Å². The average molecular weight is 418 g/mol. The Labute approximate surface area is 171 Å². The van der Waals surface area contributed by atoms with Crippen molar-refractivity contribution >= 4 is 23.2 Å². The zero-order valence-corrected chi connectivity index (χ0v) is 16.6. The molecule has 3 aromatic rings. The van der Waals surface area contributed by atoms with Gasteiger partial charge < -0.3 is 19.5 Å². The van der Waals surface area contributed by atoms with Crippen molar-refractivity contribution in [3.8, 4) is 23.5 Å². The summed E-state index contributed by atoms with van der Waals surface area (Å²) in [5, 5.41) is 2.96. The summed E-state index contributed by atoms with van der Waals surface area (Å²) >= 11 is 6.15. The summed E-state index contributed by atoms with van der Waals surface area (Å²) in [6.45, 7) is 1.77. The Balaban J connectivity index is 1.97. The predicted molar refractivity (Wildman–Crippen MR) is 106 cm³/mol. The zero-order chi connectivity index (χ0) is 21.0. The van der Waals surface area contributed by atoms with Gasteiger partial charge in [-0.2, -0.15) is 9.97 Å². The molecule has 2 aromatic carbocycles. The van der Waals surface area contributed by atoms with Gasteiger partial charge in [-0.05, 0) is 30.7 Å². The van der Waals surface area contributed by atoms with E-state index in [4.69, 9.17) is 25.8 Å². The summed E-state index contributed by atoms with van der Waals surface area (Å²) in [7, 11) is 2.83. The molecule has 0 atom stereocenters. The Hall–Kier alpha value is -3.39. The molecular formula is C20H17ClFN3O4. The van der Waals surface area contributed by atoms with E-state index in [-0.39, 0.29) is 29.1 Å². The molecule has 0 saturated heterocycles. The van der Waals surface area contributed by atoms with Gasteiger partial charge in [0.25, 0.3) is 5.91 Å². The number of rotatable bonds is 6. The van der Waals surface area contributed by atoms with Crippen LogP contribution in [-0.4, -0.2) is 30.1 Å². The second-order valence-corrected chi connectivity index (χ2v) is 6.24. The van der Waals surface area contributed by atoms with Crippen molar-refractivity contribution in [1.29, 1.82) is 0 Å². The van der Waals surface area contributed by atoms with Crippen molar-refractivity contribution < 1.29 is 23.4 Å². The number of nitrogens with zero attached hydrogens (tertiary/aromatic N) is 2. The van der Waals surface area contributed by atoms with E-state index in [1.807, 2.05) is 0 Å². The van der Waals surface area contributed by atoms with Gasteiger partial charge in [0.15, 0.2) is 0 Å². The van der Waals surface area contributed by atoms with Crippen LogP contribution in [0.25, 0.3) is 0 Å². The number of carbonyl (C=O) groups is 1. The molecule has 0 radical (unpaired) electrons. The van der Waals surface area contributed by atoms with Crippen molar-refractivity contribution in [1.82, 2.24) is 9.97 Å². The van der Waals surface area contributed by atoms with Gasteiger partial charge in [0.2, 0.25) is 11.8 Å². The Morgan fingerprint density at radius 2 is 1.72 bits per heavy atom. The van der Waals surface area contributed by atoms with Gasteiger partial charge in [-0.25, -0.2) is 4.39 Å². The highest BCUT2D eigenvalue weighted by atomic mass is 35.5. The van der Waals surface area contributed by atoms with Crippen LogP contribution in [0.1, 0.15) is 15.9 Å². The Morgan fingerprint density at radius 3 is 2.34 bits per heavy atom. The maximum absolute atomic E-state index is 14.5. The van der Waals surface area contributed by atoms with E-state index in [1.165, 1.54) is 32.4 Å². The van der Waals surface area contributed by atoms with Gasteiger partial charge in [0, 0.05) is 0 Å². The molecule has 0 bridgehead atoms. The molecule has 7 nitrogen and oxygen atoms in total. The second-order valence-electron chi connectivity index (χ2n) is 5.84. The fourth-order valence-corrected chi connectivity index (χ4v) is 2.78. The highest BCUT2D eigenvalue weighted by Gasteiger charge is 2.21. The van der Waals surface area contributed by atoms with E-state index in [1.54, 1.807) is 25.1 Å². The van der Waals surface area contributed by atoms with Gasteiger partial charge in [0.05, 0.1) is 31.0 Å². The molecule has 0 aliphatic heterocycles. The molecule has 0 saturated carbocycles.